The van der Waals surface area contributed by atoms with E-state index in [1.807, 2.05) is 66.7 Å². The highest BCUT2D eigenvalue weighted by molar-refractivity contribution is 6.01. The van der Waals surface area contributed by atoms with E-state index < -0.39 is 23.2 Å². The minimum absolute atomic E-state index is 0.0474. The monoisotopic (exact) mass is 588 g/mol. The molecule has 0 aromatic heterocycles. The van der Waals surface area contributed by atoms with Gasteiger partial charge in [-0.1, -0.05) is 42.5 Å². The maximum Gasteiger partial charge on any atom is 0.306 e. The molecule has 0 bridgehead atoms. The number of amides is 1. The summed E-state index contributed by atoms with van der Waals surface area (Å²) in [5.74, 6) is 0.710. The number of aliphatic imine (C=N–C) groups is 1. The van der Waals surface area contributed by atoms with E-state index in [0.29, 0.717) is 35.7 Å². The van der Waals surface area contributed by atoms with E-state index >= 15 is 0 Å². The third kappa shape index (κ3) is 8.35. The maximum absolute atomic E-state index is 14.2. The predicted octanol–water partition coefficient (Wildman–Crippen LogP) is 5.15. The summed E-state index contributed by atoms with van der Waals surface area (Å²) in [6.45, 7) is 6.13. The number of hydrogen-bond acceptors (Lipinski definition) is 8. The smallest absolute Gasteiger partial charge is 0.306 e. The molecule has 0 fully saturated rings. The van der Waals surface area contributed by atoms with E-state index in [0.717, 1.165) is 5.56 Å². The average molecular weight is 589 g/mol. The molecule has 43 heavy (non-hydrogen) atoms. The average Bonchev–Trinajstić information content (AvgIpc) is 3.40. The fourth-order valence-electron chi connectivity index (χ4n) is 4.79. The summed E-state index contributed by atoms with van der Waals surface area (Å²) < 4.78 is 23.2. The highest BCUT2D eigenvalue weighted by Crippen LogP contribution is 2.44. The molecule has 1 aliphatic heterocycles. The van der Waals surface area contributed by atoms with Crippen molar-refractivity contribution in [1.29, 1.82) is 0 Å². The number of carbonyl (C=O) groups is 2. The van der Waals surface area contributed by atoms with Gasteiger partial charge in [0.15, 0.2) is 11.6 Å². The molecule has 1 amide bonds. The number of nitrogens with zero attached hydrogens (tertiary/aromatic N) is 1. The molecule has 0 aliphatic carbocycles. The zero-order chi connectivity index (χ0) is 30.9. The van der Waals surface area contributed by atoms with Crippen LogP contribution in [0.2, 0.25) is 0 Å². The lowest BCUT2D eigenvalue weighted by molar-refractivity contribution is -0.155. The Morgan fingerprint density at radius 2 is 1.74 bits per heavy atom. The molecule has 2 atom stereocenters. The standard InChI is InChI=1S/C34H40N2O7/c1-33(2,3)43-29(38)18-19-34(32(39)35-23-24-10-6-5-7-11-24)30(26-12-8-13-28(22-26)40-4)42-31(36-34)25-14-16-27(17-15-25)41-21-9-20-37/h5-8,10-17,22,30,37H,9,18-21,23H2,1-4H3,(H,35,39)/t30-,34-/m1/s1. The molecule has 228 valence electrons. The van der Waals surface area contributed by atoms with Gasteiger partial charge in [0.1, 0.15) is 17.1 Å². The zero-order valence-corrected chi connectivity index (χ0v) is 25.2. The van der Waals surface area contributed by atoms with Crippen LogP contribution in [0.5, 0.6) is 11.5 Å². The van der Waals surface area contributed by atoms with Gasteiger partial charge >= 0.3 is 5.97 Å². The molecule has 4 rings (SSSR count). The maximum atomic E-state index is 14.2. The van der Waals surface area contributed by atoms with Crippen LogP contribution in [0.3, 0.4) is 0 Å². The van der Waals surface area contributed by atoms with Gasteiger partial charge in [-0.2, -0.15) is 0 Å². The Morgan fingerprint density at radius 3 is 2.42 bits per heavy atom. The second-order valence-electron chi connectivity index (χ2n) is 11.3. The van der Waals surface area contributed by atoms with Gasteiger partial charge in [0.2, 0.25) is 5.90 Å². The van der Waals surface area contributed by atoms with Gasteiger partial charge in [0.05, 0.1) is 13.7 Å². The van der Waals surface area contributed by atoms with Gasteiger partial charge in [0.25, 0.3) is 5.91 Å². The first-order valence-corrected chi connectivity index (χ1v) is 14.4. The first-order valence-electron chi connectivity index (χ1n) is 14.4. The van der Waals surface area contributed by atoms with Crippen LogP contribution in [0, 0.1) is 0 Å². The molecule has 0 spiro atoms. The first kappa shape index (κ1) is 31.6. The summed E-state index contributed by atoms with van der Waals surface area (Å²) in [4.78, 5) is 32.1. The van der Waals surface area contributed by atoms with E-state index in [4.69, 9.17) is 29.0 Å². The van der Waals surface area contributed by atoms with Crippen molar-refractivity contribution in [3.8, 4) is 11.5 Å². The second kappa shape index (κ2) is 14.2. The minimum Gasteiger partial charge on any atom is -0.497 e. The van der Waals surface area contributed by atoms with Crippen LogP contribution in [-0.2, 0) is 25.6 Å². The third-order valence-corrected chi connectivity index (χ3v) is 6.85. The summed E-state index contributed by atoms with van der Waals surface area (Å²) in [6, 6.07) is 24.1. The summed E-state index contributed by atoms with van der Waals surface area (Å²) in [5.41, 5.74) is 0.103. The molecule has 0 radical (unpaired) electrons. The Morgan fingerprint density at radius 1 is 1.00 bits per heavy atom. The van der Waals surface area contributed by atoms with Crippen molar-refractivity contribution in [2.75, 3.05) is 20.3 Å². The highest BCUT2D eigenvalue weighted by Gasteiger charge is 2.53. The zero-order valence-electron chi connectivity index (χ0n) is 25.2. The van der Waals surface area contributed by atoms with Crippen molar-refractivity contribution in [2.45, 2.75) is 63.8 Å². The van der Waals surface area contributed by atoms with Gasteiger partial charge in [-0.15, -0.1) is 0 Å². The number of benzene rings is 3. The van der Waals surface area contributed by atoms with Gasteiger partial charge in [0, 0.05) is 31.6 Å². The number of carbonyl (C=O) groups excluding carboxylic acids is 2. The van der Waals surface area contributed by atoms with Gasteiger partial charge in [-0.05, 0) is 74.7 Å². The second-order valence-corrected chi connectivity index (χ2v) is 11.3. The molecule has 3 aromatic carbocycles. The Bertz CT molecular complexity index is 1400. The van der Waals surface area contributed by atoms with Crippen LogP contribution in [0.15, 0.2) is 83.9 Å². The Labute approximate surface area is 252 Å². The number of rotatable bonds is 13. The molecular weight excluding hydrogens is 548 g/mol. The van der Waals surface area contributed by atoms with Crippen LogP contribution in [-0.4, -0.2) is 54.3 Å². The van der Waals surface area contributed by atoms with Crippen LogP contribution >= 0.6 is 0 Å². The van der Waals surface area contributed by atoms with Gasteiger partial charge < -0.3 is 29.4 Å². The van der Waals surface area contributed by atoms with Crippen LogP contribution in [0.1, 0.15) is 62.8 Å². The number of methoxy groups -OCH3 is 1. The quantitative estimate of drug-likeness (QED) is 0.210. The molecular formula is C34H40N2O7. The first-order chi connectivity index (χ1) is 20.6. The van der Waals surface area contributed by atoms with Crippen LogP contribution < -0.4 is 14.8 Å². The number of esters is 1. The van der Waals surface area contributed by atoms with Gasteiger partial charge in [-0.3, -0.25) is 9.59 Å². The van der Waals surface area contributed by atoms with Gasteiger partial charge in [-0.25, -0.2) is 4.99 Å². The molecule has 3 aromatic rings. The summed E-state index contributed by atoms with van der Waals surface area (Å²) in [7, 11) is 1.57. The Balaban J connectivity index is 1.73. The molecule has 1 heterocycles. The fourth-order valence-corrected chi connectivity index (χ4v) is 4.79. The molecule has 0 saturated heterocycles. The fraction of sp³-hybridized carbons (Fsp3) is 0.382. The number of hydrogen-bond donors (Lipinski definition) is 2. The van der Waals surface area contributed by atoms with Crippen molar-refractivity contribution in [3.05, 3.63) is 95.6 Å². The Hall–Kier alpha value is -4.37. The Kier molecular flexibility index (Phi) is 10.4. The van der Waals surface area contributed by atoms with Crippen molar-refractivity contribution in [3.63, 3.8) is 0 Å². The number of aliphatic hydroxyl groups is 1. The lowest BCUT2D eigenvalue weighted by Gasteiger charge is -2.31. The third-order valence-electron chi connectivity index (χ3n) is 6.85. The van der Waals surface area contributed by atoms with Crippen LogP contribution in [0.4, 0.5) is 0 Å². The van der Waals surface area contributed by atoms with E-state index in [2.05, 4.69) is 5.32 Å². The van der Waals surface area contributed by atoms with Crippen molar-refractivity contribution in [2.24, 2.45) is 4.99 Å². The lowest BCUT2D eigenvalue weighted by atomic mass is 9.83. The van der Waals surface area contributed by atoms with E-state index in [9.17, 15) is 9.59 Å². The molecule has 9 nitrogen and oxygen atoms in total. The van der Waals surface area contributed by atoms with Crippen molar-refractivity contribution < 1.29 is 33.6 Å². The number of aliphatic hydroxyl groups excluding tert-OH is 1. The topological polar surface area (TPSA) is 116 Å². The summed E-state index contributed by atoms with van der Waals surface area (Å²) in [6.07, 6.45) is -0.320. The van der Waals surface area contributed by atoms with E-state index in [1.165, 1.54) is 0 Å². The molecule has 9 heteroatoms. The minimum atomic E-state index is -1.48. The number of nitrogens with one attached hydrogen (secondary N) is 1. The molecule has 0 saturated carbocycles. The largest absolute Gasteiger partial charge is 0.497 e. The predicted molar refractivity (Wildman–Crippen MR) is 163 cm³/mol. The van der Waals surface area contributed by atoms with Crippen molar-refractivity contribution in [1.82, 2.24) is 5.32 Å². The van der Waals surface area contributed by atoms with E-state index in [1.54, 1.807) is 40.0 Å². The summed E-state index contributed by atoms with van der Waals surface area (Å²) in [5, 5.41) is 12.1. The summed E-state index contributed by atoms with van der Waals surface area (Å²) >= 11 is 0. The van der Waals surface area contributed by atoms with Crippen LogP contribution in [0.25, 0.3) is 0 Å². The highest BCUT2D eigenvalue weighted by atomic mass is 16.6. The normalized spacial score (nSPS) is 17.9. The SMILES string of the molecule is COc1cccc([C@H]2OC(c3ccc(OCCCO)cc3)=N[C@@]2(CCC(=O)OC(C)(C)C)C(=O)NCc2ccccc2)c1. The molecule has 2 N–H and O–H groups in total. The molecule has 0 unspecified atom stereocenters. The molecule has 1 aliphatic rings. The van der Waals surface area contributed by atoms with E-state index in [-0.39, 0.29) is 37.8 Å². The lowest BCUT2D eigenvalue weighted by Crippen LogP contribution is -2.48. The van der Waals surface area contributed by atoms with Crippen molar-refractivity contribution >= 4 is 17.8 Å². The number of ether oxygens (including phenoxy) is 4.